The highest BCUT2D eigenvalue weighted by molar-refractivity contribution is 5.68. The molecule has 1 aliphatic heterocycles. The van der Waals surface area contributed by atoms with Gasteiger partial charge >= 0.3 is 6.09 Å². The first-order valence-corrected chi connectivity index (χ1v) is 6.65. The van der Waals surface area contributed by atoms with Crippen molar-refractivity contribution in [2.24, 2.45) is 0 Å². The molecule has 1 saturated heterocycles. The van der Waals surface area contributed by atoms with Crippen molar-refractivity contribution >= 4 is 6.09 Å². The fraction of sp³-hybridized carbons (Fsp3) is 0.533. The summed E-state index contributed by atoms with van der Waals surface area (Å²) >= 11 is 0. The molecule has 1 atom stereocenters. The van der Waals surface area contributed by atoms with Gasteiger partial charge in [0, 0.05) is 12.1 Å². The molecule has 19 heavy (non-hydrogen) atoms. The lowest BCUT2D eigenvalue weighted by Crippen LogP contribution is -2.54. The topological polar surface area (TPSA) is 49.8 Å². The third-order valence-electron chi connectivity index (χ3n) is 3.58. The summed E-state index contributed by atoms with van der Waals surface area (Å²) in [6, 6.07) is 9.63. The number of aliphatic hydroxyl groups excluding tert-OH is 1. The second-order valence-electron chi connectivity index (χ2n) is 5.65. The Kier molecular flexibility index (Phi) is 4.10. The molecule has 104 valence electrons. The predicted octanol–water partition coefficient (Wildman–Crippen LogP) is 2.56. The number of nitrogens with zero attached hydrogens (tertiary/aromatic N) is 1. The molecule has 1 aromatic carbocycles. The van der Waals surface area contributed by atoms with Gasteiger partial charge in [0.1, 0.15) is 6.61 Å². The van der Waals surface area contributed by atoms with Gasteiger partial charge in [-0.15, -0.1) is 0 Å². The molecule has 1 unspecified atom stereocenters. The second kappa shape index (κ2) is 5.61. The predicted molar refractivity (Wildman–Crippen MR) is 72.7 cm³/mol. The molecule has 1 aromatic rings. The van der Waals surface area contributed by atoms with E-state index in [0.29, 0.717) is 19.4 Å². The van der Waals surface area contributed by atoms with Crippen molar-refractivity contribution in [1.29, 1.82) is 0 Å². The molecule has 2 rings (SSSR count). The van der Waals surface area contributed by atoms with Gasteiger partial charge in [0.05, 0.1) is 6.10 Å². The highest BCUT2D eigenvalue weighted by atomic mass is 16.6. The maximum atomic E-state index is 12.1. The van der Waals surface area contributed by atoms with Crippen LogP contribution in [0.25, 0.3) is 0 Å². The lowest BCUT2D eigenvalue weighted by Gasteiger charge is -2.43. The van der Waals surface area contributed by atoms with Crippen LogP contribution in [-0.4, -0.2) is 34.3 Å². The Labute approximate surface area is 114 Å². The minimum atomic E-state index is -0.356. The molecule has 0 radical (unpaired) electrons. The number of hydrogen-bond acceptors (Lipinski definition) is 3. The molecule has 0 saturated carbocycles. The molecule has 0 bridgehead atoms. The Morgan fingerprint density at radius 1 is 1.42 bits per heavy atom. The zero-order valence-corrected chi connectivity index (χ0v) is 11.5. The molecule has 0 aliphatic carbocycles. The van der Waals surface area contributed by atoms with Crippen LogP contribution in [0.3, 0.4) is 0 Å². The van der Waals surface area contributed by atoms with Gasteiger partial charge in [0.15, 0.2) is 0 Å². The van der Waals surface area contributed by atoms with Crippen molar-refractivity contribution in [1.82, 2.24) is 4.90 Å². The van der Waals surface area contributed by atoms with Gasteiger partial charge in [-0.25, -0.2) is 4.79 Å². The van der Waals surface area contributed by atoms with Crippen LogP contribution in [0.1, 0.15) is 32.3 Å². The zero-order chi connectivity index (χ0) is 13.9. The van der Waals surface area contributed by atoms with E-state index in [-0.39, 0.29) is 24.3 Å². The van der Waals surface area contributed by atoms with E-state index in [9.17, 15) is 9.90 Å². The number of rotatable bonds is 2. The van der Waals surface area contributed by atoms with Gasteiger partial charge < -0.3 is 14.7 Å². The summed E-state index contributed by atoms with van der Waals surface area (Å²) in [6.07, 6.45) is 0.575. The molecule has 0 spiro atoms. The molecular weight excluding hydrogens is 242 g/mol. The molecule has 0 aromatic heterocycles. The molecule has 1 aliphatic rings. The van der Waals surface area contributed by atoms with Crippen LogP contribution in [-0.2, 0) is 11.3 Å². The molecule has 1 amide bonds. The van der Waals surface area contributed by atoms with Crippen LogP contribution in [0.2, 0.25) is 0 Å². The minimum Gasteiger partial charge on any atom is -0.445 e. The van der Waals surface area contributed by atoms with Crippen LogP contribution in [0, 0.1) is 0 Å². The van der Waals surface area contributed by atoms with Crippen molar-refractivity contribution in [3.63, 3.8) is 0 Å². The summed E-state index contributed by atoms with van der Waals surface area (Å²) in [7, 11) is 0. The second-order valence-corrected chi connectivity index (χ2v) is 5.65. The average molecular weight is 263 g/mol. The van der Waals surface area contributed by atoms with E-state index in [1.807, 2.05) is 44.2 Å². The highest BCUT2D eigenvalue weighted by Gasteiger charge is 2.37. The Morgan fingerprint density at radius 3 is 2.74 bits per heavy atom. The number of amides is 1. The van der Waals surface area contributed by atoms with Crippen LogP contribution in [0.4, 0.5) is 4.79 Å². The smallest absolute Gasteiger partial charge is 0.410 e. The van der Waals surface area contributed by atoms with Gasteiger partial charge in [-0.1, -0.05) is 30.3 Å². The third-order valence-corrected chi connectivity index (χ3v) is 3.58. The normalized spacial score (nSPS) is 22.1. The maximum Gasteiger partial charge on any atom is 0.410 e. The number of hydrogen-bond donors (Lipinski definition) is 1. The Morgan fingerprint density at radius 2 is 2.11 bits per heavy atom. The van der Waals surface area contributed by atoms with E-state index in [4.69, 9.17) is 4.74 Å². The first kappa shape index (κ1) is 13.9. The molecule has 1 heterocycles. The summed E-state index contributed by atoms with van der Waals surface area (Å²) in [5, 5.41) is 9.67. The van der Waals surface area contributed by atoms with Crippen molar-refractivity contribution in [3.8, 4) is 0 Å². The Balaban J connectivity index is 1.93. The van der Waals surface area contributed by atoms with E-state index in [0.717, 1.165) is 5.56 Å². The zero-order valence-electron chi connectivity index (χ0n) is 11.5. The van der Waals surface area contributed by atoms with E-state index in [2.05, 4.69) is 0 Å². The number of aliphatic hydroxyl groups is 1. The molecular formula is C15H21NO3. The van der Waals surface area contributed by atoms with Crippen molar-refractivity contribution in [3.05, 3.63) is 35.9 Å². The summed E-state index contributed by atoms with van der Waals surface area (Å²) in [4.78, 5) is 13.8. The van der Waals surface area contributed by atoms with Gasteiger partial charge in [-0.3, -0.25) is 0 Å². The fourth-order valence-corrected chi connectivity index (χ4v) is 2.51. The van der Waals surface area contributed by atoms with Crippen LogP contribution >= 0.6 is 0 Å². The Hall–Kier alpha value is -1.55. The molecule has 1 N–H and O–H groups in total. The fourth-order valence-electron chi connectivity index (χ4n) is 2.51. The Bertz CT molecular complexity index is 430. The first-order chi connectivity index (χ1) is 8.99. The quantitative estimate of drug-likeness (QED) is 0.892. The highest BCUT2D eigenvalue weighted by Crippen LogP contribution is 2.28. The van der Waals surface area contributed by atoms with Crippen LogP contribution in [0.5, 0.6) is 0 Å². The lowest BCUT2D eigenvalue weighted by molar-refractivity contribution is -0.00643. The molecule has 4 nitrogen and oxygen atoms in total. The number of carbonyl (C=O) groups is 1. The van der Waals surface area contributed by atoms with Gasteiger partial charge in [0.25, 0.3) is 0 Å². The lowest BCUT2D eigenvalue weighted by atomic mass is 9.89. The van der Waals surface area contributed by atoms with Gasteiger partial charge in [-0.05, 0) is 32.3 Å². The van der Waals surface area contributed by atoms with Crippen LogP contribution < -0.4 is 0 Å². The third kappa shape index (κ3) is 3.47. The monoisotopic (exact) mass is 263 g/mol. The number of likely N-dealkylation sites (tertiary alicyclic amines) is 1. The van der Waals surface area contributed by atoms with E-state index >= 15 is 0 Å². The molecule has 1 fully saturated rings. The standard InChI is InChI=1S/C15H21NO3/c1-15(2)10-13(17)8-9-16(15)14(18)19-11-12-6-4-3-5-7-12/h3-7,13,17H,8-11H2,1-2H3. The van der Waals surface area contributed by atoms with E-state index in [1.165, 1.54) is 0 Å². The summed E-state index contributed by atoms with van der Waals surface area (Å²) in [5.74, 6) is 0. The number of carbonyl (C=O) groups excluding carboxylic acids is 1. The summed E-state index contributed by atoms with van der Waals surface area (Å²) in [5.41, 5.74) is 0.622. The van der Waals surface area contributed by atoms with Crippen molar-refractivity contribution < 1.29 is 14.6 Å². The van der Waals surface area contributed by atoms with Crippen molar-refractivity contribution in [2.45, 2.75) is 44.9 Å². The number of benzene rings is 1. The van der Waals surface area contributed by atoms with E-state index < -0.39 is 0 Å². The number of piperidine rings is 1. The minimum absolute atomic E-state index is 0.287. The first-order valence-electron chi connectivity index (χ1n) is 6.65. The van der Waals surface area contributed by atoms with Gasteiger partial charge in [0.2, 0.25) is 0 Å². The molecule has 4 heteroatoms. The average Bonchev–Trinajstić information content (AvgIpc) is 2.36. The largest absolute Gasteiger partial charge is 0.445 e. The van der Waals surface area contributed by atoms with Gasteiger partial charge in [-0.2, -0.15) is 0 Å². The number of ether oxygens (including phenoxy) is 1. The maximum absolute atomic E-state index is 12.1. The SMILES string of the molecule is CC1(C)CC(O)CCN1C(=O)OCc1ccccc1. The van der Waals surface area contributed by atoms with E-state index in [1.54, 1.807) is 4.90 Å². The summed E-state index contributed by atoms with van der Waals surface area (Å²) in [6.45, 7) is 4.74. The van der Waals surface area contributed by atoms with Crippen molar-refractivity contribution in [2.75, 3.05) is 6.54 Å². The summed E-state index contributed by atoms with van der Waals surface area (Å²) < 4.78 is 5.34. The van der Waals surface area contributed by atoms with Crippen LogP contribution in [0.15, 0.2) is 30.3 Å².